The molecule has 0 aromatic carbocycles. The van der Waals surface area contributed by atoms with Gasteiger partial charge in [0.1, 0.15) is 12.1 Å². The van der Waals surface area contributed by atoms with Crippen molar-refractivity contribution in [3.05, 3.63) is 18.1 Å². The van der Waals surface area contributed by atoms with Crippen LogP contribution in [0, 0.1) is 6.92 Å². The summed E-state index contributed by atoms with van der Waals surface area (Å²) < 4.78 is 0. The van der Waals surface area contributed by atoms with E-state index in [0.717, 1.165) is 24.6 Å². The predicted molar refractivity (Wildman–Crippen MR) is 66.2 cm³/mol. The number of nitrogens with one attached hydrogen (secondary N) is 2. The van der Waals surface area contributed by atoms with E-state index in [0.29, 0.717) is 6.04 Å². The molecule has 0 amide bonds. The van der Waals surface area contributed by atoms with E-state index in [1.165, 1.54) is 6.42 Å². The Bertz CT molecular complexity index is 289. The molecule has 0 radical (unpaired) electrons. The first-order valence-corrected chi connectivity index (χ1v) is 4.60. The third-order valence-electron chi connectivity index (χ3n) is 2.22. The van der Waals surface area contributed by atoms with Crippen molar-refractivity contribution >= 4 is 30.6 Å². The van der Waals surface area contributed by atoms with Gasteiger partial charge in [-0.05, 0) is 19.9 Å². The summed E-state index contributed by atoms with van der Waals surface area (Å²) in [6.07, 6.45) is 2.77. The van der Waals surface area contributed by atoms with Crippen molar-refractivity contribution in [3.8, 4) is 0 Å². The van der Waals surface area contributed by atoms with Crippen LogP contribution in [0.3, 0.4) is 0 Å². The molecule has 2 rings (SSSR count). The zero-order valence-electron chi connectivity index (χ0n) is 8.56. The van der Waals surface area contributed by atoms with Crippen LogP contribution in [-0.2, 0) is 0 Å². The van der Waals surface area contributed by atoms with Crippen LogP contribution >= 0.6 is 24.8 Å². The highest BCUT2D eigenvalue weighted by molar-refractivity contribution is 5.85. The molecule has 1 fully saturated rings. The van der Waals surface area contributed by atoms with Crippen LogP contribution in [0.25, 0.3) is 0 Å². The molecular formula is C9H16Cl2N4. The van der Waals surface area contributed by atoms with E-state index in [4.69, 9.17) is 0 Å². The summed E-state index contributed by atoms with van der Waals surface area (Å²) in [7, 11) is 0. The van der Waals surface area contributed by atoms with Crippen molar-refractivity contribution < 1.29 is 0 Å². The smallest absolute Gasteiger partial charge is 0.129 e. The third kappa shape index (κ3) is 4.20. The second-order valence-corrected chi connectivity index (χ2v) is 3.38. The van der Waals surface area contributed by atoms with Crippen LogP contribution in [0.2, 0.25) is 0 Å². The summed E-state index contributed by atoms with van der Waals surface area (Å²) in [6, 6.07) is 2.49. The van der Waals surface area contributed by atoms with Crippen LogP contribution in [-0.4, -0.2) is 29.1 Å². The lowest BCUT2D eigenvalue weighted by Crippen LogP contribution is -2.22. The van der Waals surface area contributed by atoms with Gasteiger partial charge in [-0.15, -0.1) is 24.8 Å². The van der Waals surface area contributed by atoms with E-state index in [-0.39, 0.29) is 24.8 Å². The number of halogens is 2. The molecule has 1 unspecified atom stereocenters. The second-order valence-electron chi connectivity index (χ2n) is 3.38. The second kappa shape index (κ2) is 6.82. The van der Waals surface area contributed by atoms with Gasteiger partial charge in [-0.1, -0.05) is 0 Å². The Balaban J connectivity index is 0.000000980. The molecule has 2 N–H and O–H groups in total. The number of hydrogen-bond acceptors (Lipinski definition) is 4. The molecule has 86 valence electrons. The minimum Gasteiger partial charge on any atom is -0.366 e. The van der Waals surface area contributed by atoms with Crippen molar-refractivity contribution in [2.45, 2.75) is 19.4 Å². The Morgan fingerprint density at radius 1 is 1.40 bits per heavy atom. The quantitative estimate of drug-likeness (QED) is 0.834. The van der Waals surface area contributed by atoms with Crippen molar-refractivity contribution in [2.24, 2.45) is 0 Å². The number of anilines is 1. The van der Waals surface area contributed by atoms with E-state index in [1.807, 2.05) is 13.0 Å². The first-order chi connectivity index (χ1) is 6.34. The Kier molecular flexibility index (Phi) is 6.56. The summed E-state index contributed by atoms with van der Waals surface area (Å²) in [5, 5.41) is 6.67. The number of rotatable bonds is 2. The van der Waals surface area contributed by atoms with E-state index in [9.17, 15) is 0 Å². The van der Waals surface area contributed by atoms with Crippen molar-refractivity contribution in [1.82, 2.24) is 15.3 Å². The number of hydrogen-bond donors (Lipinski definition) is 2. The molecular weight excluding hydrogens is 235 g/mol. The lowest BCUT2D eigenvalue weighted by Gasteiger charge is -2.11. The van der Waals surface area contributed by atoms with Crippen LogP contribution in [0.5, 0.6) is 0 Å². The van der Waals surface area contributed by atoms with Crippen molar-refractivity contribution in [1.29, 1.82) is 0 Å². The molecule has 0 saturated carbocycles. The van der Waals surface area contributed by atoms with E-state index < -0.39 is 0 Å². The van der Waals surface area contributed by atoms with Gasteiger partial charge in [-0.3, -0.25) is 0 Å². The van der Waals surface area contributed by atoms with Gasteiger partial charge in [0.2, 0.25) is 0 Å². The number of aryl methyl sites for hydroxylation is 1. The monoisotopic (exact) mass is 250 g/mol. The summed E-state index contributed by atoms with van der Waals surface area (Å²) >= 11 is 0. The Morgan fingerprint density at radius 2 is 2.20 bits per heavy atom. The maximum absolute atomic E-state index is 4.15. The Morgan fingerprint density at radius 3 is 2.80 bits per heavy atom. The normalized spacial score (nSPS) is 18.9. The SMILES string of the molecule is Cc1cc(NC2CCNC2)ncn1.Cl.Cl. The first kappa shape index (κ1) is 14.4. The highest BCUT2D eigenvalue weighted by atomic mass is 35.5. The van der Waals surface area contributed by atoms with Crippen LogP contribution in [0.15, 0.2) is 12.4 Å². The first-order valence-electron chi connectivity index (χ1n) is 4.60. The molecule has 1 atom stereocenters. The summed E-state index contributed by atoms with van der Waals surface area (Å²) in [5.41, 5.74) is 1.00. The van der Waals surface area contributed by atoms with Crippen molar-refractivity contribution in [2.75, 3.05) is 18.4 Å². The highest BCUT2D eigenvalue weighted by Crippen LogP contribution is 2.08. The molecule has 0 bridgehead atoms. The standard InChI is InChI=1S/C9H14N4.2ClH/c1-7-4-9(12-6-11-7)13-8-2-3-10-5-8;;/h4,6,8,10H,2-3,5H2,1H3,(H,11,12,13);2*1H. The molecule has 6 heteroatoms. The molecule has 0 spiro atoms. The lowest BCUT2D eigenvalue weighted by molar-refractivity contribution is 0.786. The van der Waals surface area contributed by atoms with Gasteiger partial charge in [-0.25, -0.2) is 9.97 Å². The molecule has 0 aliphatic carbocycles. The Labute approximate surface area is 102 Å². The van der Waals surface area contributed by atoms with Crippen molar-refractivity contribution in [3.63, 3.8) is 0 Å². The van der Waals surface area contributed by atoms with Gasteiger partial charge >= 0.3 is 0 Å². The van der Waals surface area contributed by atoms with Crippen LogP contribution in [0.1, 0.15) is 12.1 Å². The average Bonchev–Trinajstić information content (AvgIpc) is 2.57. The summed E-state index contributed by atoms with van der Waals surface area (Å²) in [5.74, 6) is 0.932. The van der Waals surface area contributed by atoms with Gasteiger partial charge < -0.3 is 10.6 Å². The van der Waals surface area contributed by atoms with Crippen LogP contribution in [0.4, 0.5) is 5.82 Å². The molecule has 4 nitrogen and oxygen atoms in total. The van der Waals surface area contributed by atoms with E-state index in [2.05, 4.69) is 20.6 Å². The highest BCUT2D eigenvalue weighted by Gasteiger charge is 2.13. The molecule has 15 heavy (non-hydrogen) atoms. The van der Waals surface area contributed by atoms with Gasteiger partial charge in [0.25, 0.3) is 0 Å². The zero-order valence-corrected chi connectivity index (χ0v) is 10.2. The molecule has 2 heterocycles. The molecule has 1 saturated heterocycles. The number of nitrogens with zero attached hydrogens (tertiary/aromatic N) is 2. The van der Waals surface area contributed by atoms with Gasteiger partial charge in [-0.2, -0.15) is 0 Å². The summed E-state index contributed by atoms with van der Waals surface area (Å²) in [4.78, 5) is 8.20. The van der Waals surface area contributed by atoms with E-state index in [1.54, 1.807) is 6.33 Å². The Hall–Kier alpha value is -0.580. The minimum atomic E-state index is 0. The topological polar surface area (TPSA) is 49.8 Å². The van der Waals surface area contributed by atoms with Crippen LogP contribution < -0.4 is 10.6 Å². The fourth-order valence-electron chi connectivity index (χ4n) is 1.52. The molecule has 1 aromatic rings. The third-order valence-corrected chi connectivity index (χ3v) is 2.22. The fourth-order valence-corrected chi connectivity index (χ4v) is 1.52. The maximum atomic E-state index is 4.15. The maximum Gasteiger partial charge on any atom is 0.129 e. The molecule has 1 aliphatic heterocycles. The average molecular weight is 251 g/mol. The minimum absolute atomic E-state index is 0. The largest absolute Gasteiger partial charge is 0.366 e. The lowest BCUT2D eigenvalue weighted by atomic mass is 10.2. The van der Waals surface area contributed by atoms with E-state index >= 15 is 0 Å². The summed E-state index contributed by atoms with van der Waals surface area (Å²) in [6.45, 7) is 4.10. The number of aromatic nitrogens is 2. The van der Waals surface area contributed by atoms with Gasteiger partial charge in [0.05, 0.1) is 0 Å². The van der Waals surface area contributed by atoms with Gasteiger partial charge in [0, 0.05) is 24.3 Å². The zero-order chi connectivity index (χ0) is 9.10. The fraction of sp³-hybridized carbons (Fsp3) is 0.556. The molecule has 1 aliphatic rings. The predicted octanol–water partition coefficient (Wildman–Crippen LogP) is 1.40. The van der Waals surface area contributed by atoms with Gasteiger partial charge in [0.15, 0.2) is 0 Å². The molecule has 1 aromatic heterocycles.